The van der Waals surface area contributed by atoms with Crippen LogP contribution >= 0.6 is 11.3 Å². The molecule has 0 saturated heterocycles. The quantitative estimate of drug-likeness (QED) is 0.661. The first-order valence-electron chi connectivity index (χ1n) is 9.17. The fourth-order valence-electron chi connectivity index (χ4n) is 2.92. The van der Waals surface area contributed by atoms with Crippen molar-refractivity contribution < 1.29 is 14.1 Å². The molecule has 2 aromatic heterocycles. The van der Waals surface area contributed by atoms with Gasteiger partial charge in [-0.3, -0.25) is 9.59 Å². The Balaban J connectivity index is 1.36. The van der Waals surface area contributed by atoms with Gasteiger partial charge in [-0.2, -0.15) is 4.98 Å². The fourth-order valence-corrected chi connectivity index (χ4v) is 3.82. The van der Waals surface area contributed by atoms with Crippen molar-refractivity contribution in [3.8, 4) is 10.7 Å². The average Bonchev–Trinajstić information content (AvgIpc) is 3.26. The summed E-state index contributed by atoms with van der Waals surface area (Å²) in [6.07, 6.45) is 3.40. The number of amides is 2. The summed E-state index contributed by atoms with van der Waals surface area (Å²) in [6, 6.07) is 10.6. The highest BCUT2D eigenvalue weighted by atomic mass is 32.1. The van der Waals surface area contributed by atoms with E-state index in [2.05, 4.69) is 20.8 Å². The van der Waals surface area contributed by atoms with Gasteiger partial charge < -0.3 is 15.2 Å². The lowest BCUT2D eigenvalue weighted by Crippen LogP contribution is -2.32. The standard InChI is InChI=1S/C20H20N4O3S/c1-12-15(22-17(25)11-21-19(26)13-6-3-2-4-7-13)10-16(28-12)18-23-20(27-24-18)14-8-5-9-14/h2-4,6-7,10,14H,5,8-9,11H2,1H3,(H,21,26)(H,22,25). The highest BCUT2D eigenvalue weighted by molar-refractivity contribution is 7.16. The molecule has 3 aromatic rings. The summed E-state index contributed by atoms with van der Waals surface area (Å²) in [5.41, 5.74) is 1.21. The summed E-state index contributed by atoms with van der Waals surface area (Å²) in [6.45, 7) is 1.81. The van der Waals surface area contributed by atoms with Crippen LogP contribution in [-0.2, 0) is 4.79 Å². The first kappa shape index (κ1) is 18.4. The summed E-state index contributed by atoms with van der Waals surface area (Å²) in [4.78, 5) is 30.5. The minimum absolute atomic E-state index is 0.105. The van der Waals surface area contributed by atoms with Gasteiger partial charge >= 0.3 is 0 Å². The number of nitrogens with zero attached hydrogens (tertiary/aromatic N) is 2. The van der Waals surface area contributed by atoms with Crippen molar-refractivity contribution in [1.29, 1.82) is 0 Å². The van der Waals surface area contributed by atoms with Crippen LogP contribution in [0.4, 0.5) is 5.69 Å². The fraction of sp³-hybridized carbons (Fsp3) is 0.300. The lowest BCUT2D eigenvalue weighted by Gasteiger charge is -2.20. The Morgan fingerprint density at radius 1 is 1.25 bits per heavy atom. The van der Waals surface area contributed by atoms with Gasteiger partial charge in [-0.1, -0.05) is 29.8 Å². The summed E-state index contributed by atoms with van der Waals surface area (Å²) in [5, 5.41) is 9.52. The number of hydrogen-bond acceptors (Lipinski definition) is 6. The highest BCUT2D eigenvalue weighted by Gasteiger charge is 2.26. The molecule has 0 unspecified atom stereocenters. The van der Waals surface area contributed by atoms with Crippen LogP contribution in [0.3, 0.4) is 0 Å². The number of carbonyl (C=O) groups excluding carboxylic acids is 2. The van der Waals surface area contributed by atoms with Crippen LogP contribution < -0.4 is 10.6 Å². The van der Waals surface area contributed by atoms with Gasteiger partial charge in [-0.15, -0.1) is 11.3 Å². The number of rotatable bonds is 6. The topological polar surface area (TPSA) is 97.1 Å². The molecule has 0 spiro atoms. The van der Waals surface area contributed by atoms with Gasteiger partial charge in [0.1, 0.15) is 0 Å². The molecular weight excluding hydrogens is 376 g/mol. The molecule has 8 heteroatoms. The number of anilines is 1. The smallest absolute Gasteiger partial charge is 0.251 e. The van der Waals surface area contributed by atoms with Crippen LogP contribution in [-0.4, -0.2) is 28.5 Å². The summed E-state index contributed by atoms with van der Waals surface area (Å²) in [5.74, 6) is 1.05. The summed E-state index contributed by atoms with van der Waals surface area (Å²) in [7, 11) is 0. The molecule has 2 amide bonds. The lowest BCUT2D eigenvalue weighted by atomic mass is 9.85. The molecule has 28 heavy (non-hydrogen) atoms. The average molecular weight is 396 g/mol. The predicted octanol–water partition coefficient (Wildman–Crippen LogP) is 3.74. The van der Waals surface area contributed by atoms with E-state index in [4.69, 9.17) is 4.52 Å². The number of aromatic nitrogens is 2. The van der Waals surface area contributed by atoms with Gasteiger partial charge in [0.15, 0.2) is 0 Å². The monoisotopic (exact) mass is 396 g/mol. The van der Waals surface area contributed by atoms with Crippen molar-refractivity contribution in [2.45, 2.75) is 32.1 Å². The maximum absolute atomic E-state index is 12.2. The van der Waals surface area contributed by atoms with E-state index in [0.717, 1.165) is 22.6 Å². The molecule has 0 atom stereocenters. The number of benzene rings is 1. The molecule has 4 rings (SSSR count). The molecule has 1 aromatic carbocycles. The van der Waals surface area contributed by atoms with E-state index < -0.39 is 0 Å². The van der Waals surface area contributed by atoms with Crippen molar-refractivity contribution >= 4 is 28.8 Å². The normalized spacial score (nSPS) is 13.8. The number of thiophene rings is 1. The van der Waals surface area contributed by atoms with Crippen molar-refractivity contribution in [2.75, 3.05) is 11.9 Å². The van der Waals surface area contributed by atoms with Crippen LogP contribution in [0, 0.1) is 6.92 Å². The van der Waals surface area contributed by atoms with Gasteiger partial charge in [0.2, 0.25) is 17.6 Å². The van der Waals surface area contributed by atoms with Crippen LogP contribution in [0.5, 0.6) is 0 Å². The molecule has 2 N–H and O–H groups in total. The Kier molecular flexibility index (Phi) is 5.21. The number of aryl methyl sites for hydroxylation is 1. The maximum Gasteiger partial charge on any atom is 0.251 e. The van der Waals surface area contributed by atoms with Gasteiger partial charge in [-0.05, 0) is 38.0 Å². The maximum atomic E-state index is 12.2. The second-order valence-corrected chi connectivity index (χ2v) is 8.02. The van der Waals surface area contributed by atoms with E-state index in [1.165, 1.54) is 17.8 Å². The molecule has 0 radical (unpaired) electrons. The lowest BCUT2D eigenvalue weighted by molar-refractivity contribution is -0.115. The third-order valence-corrected chi connectivity index (χ3v) is 5.80. The van der Waals surface area contributed by atoms with E-state index >= 15 is 0 Å². The number of nitrogens with one attached hydrogen (secondary N) is 2. The summed E-state index contributed by atoms with van der Waals surface area (Å²) < 4.78 is 5.37. The van der Waals surface area contributed by atoms with Gasteiger partial charge in [0.25, 0.3) is 5.91 Å². The van der Waals surface area contributed by atoms with Crippen molar-refractivity contribution in [3.05, 3.63) is 52.7 Å². The SMILES string of the molecule is Cc1sc(-c2noc(C3CCC3)n2)cc1NC(=O)CNC(=O)c1ccccc1. The van der Waals surface area contributed by atoms with E-state index in [9.17, 15) is 9.59 Å². The van der Waals surface area contributed by atoms with Crippen LogP contribution in [0.15, 0.2) is 40.9 Å². The Hall–Kier alpha value is -3.00. The second-order valence-electron chi connectivity index (χ2n) is 6.76. The zero-order valence-corrected chi connectivity index (χ0v) is 16.2. The van der Waals surface area contributed by atoms with E-state index in [-0.39, 0.29) is 18.4 Å². The third kappa shape index (κ3) is 3.96. The largest absolute Gasteiger partial charge is 0.343 e. The van der Waals surface area contributed by atoms with Crippen molar-refractivity contribution in [3.63, 3.8) is 0 Å². The molecular formula is C20H20N4O3S. The van der Waals surface area contributed by atoms with Gasteiger partial charge in [-0.25, -0.2) is 0 Å². The van der Waals surface area contributed by atoms with Gasteiger partial charge in [0.05, 0.1) is 17.1 Å². The first-order chi connectivity index (χ1) is 13.6. The number of hydrogen-bond donors (Lipinski definition) is 2. The third-order valence-electron chi connectivity index (χ3n) is 4.75. The van der Waals surface area contributed by atoms with Crippen LogP contribution in [0.25, 0.3) is 10.7 Å². The first-order valence-corrected chi connectivity index (χ1v) is 9.99. The van der Waals surface area contributed by atoms with E-state index in [0.29, 0.717) is 28.9 Å². The highest BCUT2D eigenvalue weighted by Crippen LogP contribution is 2.37. The molecule has 0 bridgehead atoms. The molecule has 1 saturated carbocycles. The molecule has 7 nitrogen and oxygen atoms in total. The molecule has 1 aliphatic carbocycles. The minimum Gasteiger partial charge on any atom is -0.343 e. The zero-order chi connectivity index (χ0) is 19.5. The van der Waals surface area contributed by atoms with Crippen LogP contribution in [0.2, 0.25) is 0 Å². The van der Waals surface area contributed by atoms with Crippen molar-refractivity contribution in [1.82, 2.24) is 15.5 Å². The van der Waals surface area contributed by atoms with E-state index in [1.807, 2.05) is 19.1 Å². The Morgan fingerprint density at radius 2 is 2.04 bits per heavy atom. The second kappa shape index (κ2) is 7.93. The van der Waals surface area contributed by atoms with Crippen LogP contribution in [0.1, 0.15) is 46.3 Å². The molecule has 144 valence electrons. The Labute approximate surface area is 166 Å². The van der Waals surface area contributed by atoms with Crippen molar-refractivity contribution in [2.24, 2.45) is 0 Å². The Morgan fingerprint density at radius 3 is 2.75 bits per heavy atom. The Bertz CT molecular complexity index is 992. The zero-order valence-electron chi connectivity index (χ0n) is 15.4. The predicted molar refractivity (Wildman–Crippen MR) is 106 cm³/mol. The minimum atomic E-state index is -0.292. The van der Waals surface area contributed by atoms with Gasteiger partial charge in [0, 0.05) is 16.4 Å². The molecule has 0 aliphatic heterocycles. The van der Waals surface area contributed by atoms with E-state index in [1.54, 1.807) is 24.3 Å². The molecule has 1 fully saturated rings. The number of carbonyl (C=O) groups is 2. The summed E-state index contributed by atoms with van der Waals surface area (Å²) >= 11 is 1.49. The molecule has 2 heterocycles. The molecule has 1 aliphatic rings.